The second-order valence-electron chi connectivity index (χ2n) is 2.65. The molecule has 1 aromatic carbocycles. The summed E-state index contributed by atoms with van der Waals surface area (Å²) in [5, 5.41) is 0.713. The molecule has 3 heteroatoms. The maximum absolute atomic E-state index is 5.86. The highest BCUT2D eigenvalue weighted by atomic mass is 79.9. The number of methoxy groups -OCH3 is 1. The van der Waals surface area contributed by atoms with Gasteiger partial charge in [0.05, 0.1) is 7.11 Å². The summed E-state index contributed by atoms with van der Waals surface area (Å²) in [6.45, 7) is 3.77. The molecule has 0 aliphatic carbocycles. The Balaban J connectivity index is 3.01. The van der Waals surface area contributed by atoms with Crippen molar-refractivity contribution >= 4 is 27.5 Å². The van der Waals surface area contributed by atoms with Crippen LogP contribution in [0.1, 0.15) is 5.56 Å². The molecule has 0 atom stereocenters. The van der Waals surface area contributed by atoms with E-state index >= 15 is 0 Å². The molecule has 0 amide bonds. The minimum atomic E-state index is 0.713. The summed E-state index contributed by atoms with van der Waals surface area (Å²) in [5.74, 6) is 0.838. The summed E-state index contributed by atoms with van der Waals surface area (Å²) in [7, 11) is 1.64. The van der Waals surface area contributed by atoms with Crippen LogP contribution < -0.4 is 4.74 Å². The molecule has 0 bridgehead atoms. The Labute approximate surface area is 91.5 Å². The van der Waals surface area contributed by atoms with Crippen molar-refractivity contribution in [3.63, 3.8) is 0 Å². The maximum atomic E-state index is 5.86. The third-order valence-corrected chi connectivity index (χ3v) is 2.14. The van der Waals surface area contributed by atoms with Crippen molar-refractivity contribution in [1.29, 1.82) is 0 Å². The second-order valence-corrected chi connectivity index (χ2v) is 4.21. The van der Waals surface area contributed by atoms with E-state index in [9.17, 15) is 0 Å². The zero-order valence-corrected chi connectivity index (χ0v) is 9.65. The van der Waals surface area contributed by atoms with Crippen molar-refractivity contribution in [1.82, 2.24) is 0 Å². The van der Waals surface area contributed by atoms with Gasteiger partial charge in [-0.25, -0.2) is 0 Å². The first-order valence-corrected chi connectivity index (χ1v) is 4.96. The molecule has 13 heavy (non-hydrogen) atoms. The fourth-order valence-electron chi connectivity index (χ4n) is 1.09. The molecule has 0 heterocycles. The number of allylic oxidation sites excluding steroid dienone is 1. The van der Waals surface area contributed by atoms with Crippen LogP contribution in [0.4, 0.5) is 0 Å². The van der Waals surface area contributed by atoms with Crippen LogP contribution in [-0.2, 0) is 6.42 Å². The van der Waals surface area contributed by atoms with Gasteiger partial charge in [0.15, 0.2) is 0 Å². The standard InChI is InChI=1S/C10H10BrClO/c1-7(11)5-8-6-9(12)3-4-10(8)13-2/h3-4,6H,1,5H2,2H3. The van der Waals surface area contributed by atoms with Crippen LogP contribution in [0.2, 0.25) is 5.02 Å². The van der Waals surface area contributed by atoms with Gasteiger partial charge in [0.25, 0.3) is 0 Å². The summed E-state index contributed by atoms with van der Waals surface area (Å²) in [4.78, 5) is 0. The quantitative estimate of drug-likeness (QED) is 0.804. The molecule has 1 nitrogen and oxygen atoms in total. The van der Waals surface area contributed by atoms with Gasteiger partial charge in [-0.15, -0.1) is 0 Å². The SMILES string of the molecule is C=C(Br)Cc1cc(Cl)ccc1OC. The van der Waals surface area contributed by atoms with Gasteiger partial charge < -0.3 is 4.74 Å². The molecule has 0 N–H and O–H groups in total. The van der Waals surface area contributed by atoms with Crippen molar-refractivity contribution in [3.8, 4) is 5.75 Å². The largest absolute Gasteiger partial charge is 0.496 e. The third-order valence-electron chi connectivity index (χ3n) is 1.62. The van der Waals surface area contributed by atoms with E-state index < -0.39 is 0 Å². The van der Waals surface area contributed by atoms with Crippen LogP contribution in [0.3, 0.4) is 0 Å². The average Bonchev–Trinajstić information content (AvgIpc) is 2.03. The van der Waals surface area contributed by atoms with Crippen LogP contribution in [0.15, 0.2) is 29.3 Å². The zero-order valence-electron chi connectivity index (χ0n) is 7.31. The molecule has 0 unspecified atom stereocenters. The van der Waals surface area contributed by atoms with Crippen LogP contribution >= 0.6 is 27.5 Å². The summed E-state index contributed by atoms with van der Waals surface area (Å²) in [6, 6.07) is 5.54. The Hall–Kier alpha value is -0.470. The van der Waals surface area contributed by atoms with Crippen molar-refractivity contribution in [2.24, 2.45) is 0 Å². The lowest BCUT2D eigenvalue weighted by atomic mass is 10.1. The lowest BCUT2D eigenvalue weighted by Gasteiger charge is -2.07. The van der Waals surface area contributed by atoms with Gasteiger partial charge in [-0.1, -0.05) is 34.1 Å². The monoisotopic (exact) mass is 260 g/mol. The van der Waals surface area contributed by atoms with Crippen molar-refractivity contribution in [2.45, 2.75) is 6.42 Å². The van der Waals surface area contributed by atoms with Crippen LogP contribution in [0.25, 0.3) is 0 Å². The molecule has 1 aromatic rings. The first-order chi connectivity index (χ1) is 6.13. The number of hydrogen-bond acceptors (Lipinski definition) is 1. The summed E-state index contributed by atoms with van der Waals surface area (Å²) in [6.07, 6.45) is 0.726. The van der Waals surface area contributed by atoms with Gasteiger partial charge in [-0.2, -0.15) is 0 Å². The van der Waals surface area contributed by atoms with Crippen LogP contribution in [0.5, 0.6) is 5.75 Å². The van der Waals surface area contributed by atoms with E-state index in [1.54, 1.807) is 13.2 Å². The topological polar surface area (TPSA) is 9.23 Å². The fourth-order valence-corrected chi connectivity index (χ4v) is 1.59. The Morgan fingerprint density at radius 3 is 2.85 bits per heavy atom. The molecule has 0 aliphatic heterocycles. The highest BCUT2D eigenvalue weighted by molar-refractivity contribution is 9.11. The van der Waals surface area contributed by atoms with Gasteiger partial charge in [0.2, 0.25) is 0 Å². The highest BCUT2D eigenvalue weighted by Crippen LogP contribution is 2.25. The maximum Gasteiger partial charge on any atom is 0.122 e. The van der Waals surface area contributed by atoms with E-state index in [-0.39, 0.29) is 0 Å². The van der Waals surface area contributed by atoms with E-state index in [1.807, 2.05) is 12.1 Å². The van der Waals surface area contributed by atoms with Crippen molar-refractivity contribution < 1.29 is 4.74 Å². The van der Waals surface area contributed by atoms with Gasteiger partial charge in [-0.3, -0.25) is 0 Å². The summed E-state index contributed by atoms with van der Waals surface area (Å²) in [5.41, 5.74) is 1.04. The van der Waals surface area contributed by atoms with Gasteiger partial charge >= 0.3 is 0 Å². The predicted molar refractivity (Wildman–Crippen MR) is 59.8 cm³/mol. The van der Waals surface area contributed by atoms with Gasteiger partial charge in [0.1, 0.15) is 5.75 Å². The molecule has 1 rings (SSSR count). The van der Waals surface area contributed by atoms with E-state index in [2.05, 4.69) is 22.5 Å². The van der Waals surface area contributed by atoms with Crippen molar-refractivity contribution in [2.75, 3.05) is 7.11 Å². The molecule has 70 valence electrons. The highest BCUT2D eigenvalue weighted by Gasteiger charge is 2.03. The molecular formula is C10H10BrClO. The molecule has 0 aromatic heterocycles. The lowest BCUT2D eigenvalue weighted by Crippen LogP contribution is -1.91. The smallest absolute Gasteiger partial charge is 0.122 e. The number of rotatable bonds is 3. The molecule has 0 saturated carbocycles. The summed E-state index contributed by atoms with van der Waals surface area (Å²) < 4.78 is 6.09. The third kappa shape index (κ3) is 3.05. The Morgan fingerprint density at radius 1 is 1.62 bits per heavy atom. The second kappa shape index (κ2) is 4.68. The summed E-state index contributed by atoms with van der Waals surface area (Å²) >= 11 is 9.16. The van der Waals surface area contributed by atoms with E-state index in [0.29, 0.717) is 5.02 Å². The van der Waals surface area contributed by atoms with E-state index in [4.69, 9.17) is 16.3 Å². The molecule has 0 aliphatic rings. The molecular weight excluding hydrogens is 251 g/mol. The van der Waals surface area contributed by atoms with Gasteiger partial charge in [-0.05, 0) is 22.7 Å². The zero-order chi connectivity index (χ0) is 9.84. The van der Waals surface area contributed by atoms with Gasteiger partial charge in [0, 0.05) is 17.0 Å². The van der Waals surface area contributed by atoms with Crippen LogP contribution in [0, 0.1) is 0 Å². The Morgan fingerprint density at radius 2 is 2.31 bits per heavy atom. The number of halogens is 2. The van der Waals surface area contributed by atoms with E-state index in [0.717, 1.165) is 22.2 Å². The Kier molecular flexibility index (Phi) is 3.82. The molecule has 0 saturated heterocycles. The predicted octanol–water partition coefficient (Wildman–Crippen LogP) is 3.80. The number of benzene rings is 1. The van der Waals surface area contributed by atoms with E-state index in [1.165, 1.54) is 0 Å². The molecule has 0 spiro atoms. The first-order valence-electron chi connectivity index (χ1n) is 3.79. The minimum Gasteiger partial charge on any atom is -0.496 e. The lowest BCUT2D eigenvalue weighted by molar-refractivity contribution is 0.410. The van der Waals surface area contributed by atoms with Crippen LogP contribution in [-0.4, -0.2) is 7.11 Å². The molecule has 0 radical (unpaired) electrons. The normalized spacial score (nSPS) is 9.77. The minimum absolute atomic E-state index is 0.713. The van der Waals surface area contributed by atoms with Crippen molar-refractivity contribution in [3.05, 3.63) is 39.8 Å². The first kappa shape index (κ1) is 10.6. The number of hydrogen-bond donors (Lipinski definition) is 0. The number of ether oxygens (including phenoxy) is 1. The Bertz CT molecular complexity index is 323. The molecule has 0 fully saturated rings. The average molecular weight is 262 g/mol. The fraction of sp³-hybridized carbons (Fsp3) is 0.200.